The molecule has 0 amide bonds. The molecule has 0 aliphatic heterocycles. The Hall–Kier alpha value is -3.19. The first-order valence-electron chi connectivity index (χ1n) is 12.1. The molecule has 2 aromatic rings. The van der Waals surface area contributed by atoms with Crippen LogP contribution in [0.3, 0.4) is 0 Å². The number of ether oxygens (including phenoxy) is 6. The summed E-state index contributed by atoms with van der Waals surface area (Å²) in [7, 11) is 4.03. The van der Waals surface area contributed by atoms with Gasteiger partial charge in [0.1, 0.15) is 45.6 Å². The van der Waals surface area contributed by atoms with Gasteiger partial charge in [0, 0.05) is 30.4 Å². The van der Waals surface area contributed by atoms with Crippen molar-refractivity contribution < 1.29 is 42.6 Å². The van der Waals surface area contributed by atoms with E-state index in [0.717, 1.165) is 0 Å². The van der Waals surface area contributed by atoms with E-state index < -0.39 is 18.2 Å². The lowest BCUT2D eigenvalue weighted by Crippen LogP contribution is -2.22. The summed E-state index contributed by atoms with van der Waals surface area (Å²) < 4.78 is 47.3. The van der Waals surface area contributed by atoms with E-state index in [4.69, 9.17) is 28.4 Å². The molecule has 0 bridgehead atoms. The fraction of sp³-hybridized carbons (Fsp3) is 0.500. The lowest BCUT2D eigenvalue weighted by Gasteiger charge is -2.27. The van der Waals surface area contributed by atoms with Crippen molar-refractivity contribution in [2.24, 2.45) is 11.3 Å². The molecule has 0 heterocycles. The molecule has 1 atom stereocenters. The second-order valence-corrected chi connectivity index (χ2v) is 12.9. The second-order valence-electron chi connectivity index (χ2n) is 10.2. The zero-order valence-electron chi connectivity index (χ0n) is 23.9. The average Bonchev–Trinajstić information content (AvgIpc) is 2.88. The van der Waals surface area contributed by atoms with Crippen molar-refractivity contribution in [3.8, 4) is 34.5 Å². The lowest BCUT2D eigenvalue weighted by atomic mass is 9.86. The summed E-state index contributed by atoms with van der Waals surface area (Å²) in [6.07, 6.45) is 0.462. The monoisotopic (exact) mass is 550 g/mol. The summed E-state index contributed by atoms with van der Waals surface area (Å²) in [5, 5.41) is 0. The van der Waals surface area contributed by atoms with Gasteiger partial charge in [-0.3, -0.25) is 9.59 Å². The van der Waals surface area contributed by atoms with Crippen LogP contribution >= 0.6 is 7.14 Å². The number of carbonyl (C=O) groups excluding carboxylic acids is 2. The highest BCUT2D eigenvalue weighted by Gasteiger charge is 2.47. The Bertz CT molecular complexity index is 1080. The first kappa shape index (κ1) is 31.0. The molecular formula is C28H39O9P. The third-order valence-corrected chi connectivity index (χ3v) is 8.94. The van der Waals surface area contributed by atoms with E-state index in [1.54, 1.807) is 0 Å². The molecule has 1 unspecified atom stereocenters. The first-order valence-corrected chi connectivity index (χ1v) is 14.0. The van der Waals surface area contributed by atoms with Gasteiger partial charge in [0.05, 0.1) is 42.7 Å². The molecule has 38 heavy (non-hydrogen) atoms. The van der Waals surface area contributed by atoms with Crippen LogP contribution in [0, 0.1) is 11.3 Å². The molecule has 0 radical (unpaired) electrons. The van der Waals surface area contributed by atoms with Gasteiger partial charge >= 0.3 is 0 Å². The highest BCUT2D eigenvalue weighted by atomic mass is 31.2. The van der Waals surface area contributed by atoms with Crippen molar-refractivity contribution in [2.45, 2.75) is 34.1 Å². The molecule has 0 N–H and O–H groups in total. The minimum Gasteiger partial charge on any atom is -0.496 e. The standard InChI is InChI=1S/C28H39O9P/c1-17(15-28(2,3)4)16-38(31,26(29)24-20(34-7)11-18(32-5)12-21(24)35-8)27(30)25-22(36-9)13-19(33-6)14-23(25)37-10/h11-14,17H,15-16H2,1-10H3. The van der Waals surface area contributed by atoms with Crippen LogP contribution in [0.1, 0.15) is 54.8 Å². The van der Waals surface area contributed by atoms with E-state index in [1.807, 2.05) is 27.7 Å². The normalized spacial score (nSPS) is 12.4. The molecule has 0 saturated carbocycles. The van der Waals surface area contributed by atoms with Gasteiger partial charge in [0.2, 0.25) is 18.2 Å². The predicted molar refractivity (Wildman–Crippen MR) is 147 cm³/mol. The van der Waals surface area contributed by atoms with Crippen LogP contribution in [-0.4, -0.2) is 59.9 Å². The second kappa shape index (κ2) is 12.6. The molecule has 0 fully saturated rings. The Kier molecular flexibility index (Phi) is 10.3. The summed E-state index contributed by atoms with van der Waals surface area (Å²) in [6, 6.07) is 5.94. The smallest absolute Gasteiger partial charge is 0.236 e. The predicted octanol–water partition coefficient (Wildman–Crippen LogP) is 6.15. The van der Waals surface area contributed by atoms with Crippen LogP contribution in [-0.2, 0) is 4.57 Å². The van der Waals surface area contributed by atoms with E-state index in [0.29, 0.717) is 17.9 Å². The molecule has 0 spiro atoms. The van der Waals surface area contributed by atoms with Gasteiger partial charge in [-0.25, -0.2) is 0 Å². The minimum atomic E-state index is -4.37. The van der Waals surface area contributed by atoms with Gasteiger partial charge in [-0.2, -0.15) is 0 Å². The van der Waals surface area contributed by atoms with Crippen molar-refractivity contribution in [2.75, 3.05) is 48.8 Å². The SMILES string of the molecule is COc1cc(OC)c(C(=O)P(=O)(CC(C)CC(C)(C)C)C(=O)c2c(OC)cc(OC)cc2OC)c(OC)c1. The third-order valence-electron chi connectivity index (χ3n) is 6.04. The van der Waals surface area contributed by atoms with E-state index in [-0.39, 0.29) is 51.6 Å². The van der Waals surface area contributed by atoms with E-state index in [2.05, 4.69) is 0 Å². The zero-order valence-corrected chi connectivity index (χ0v) is 24.8. The van der Waals surface area contributed by atoms with Gasteiger partial charge in [-0.15, -0.1) is 0 Å². The molecule has 2 rings (SSSR count). The van der Waals surface area contributed by atoms with E-state index in [1.165, 1.54) is 66.9 Å². The Morgan fingerprint density at radius 3 is 1.24 bits per heavy atom. The molecular weight excluding hydrogens is 511 g/mol. The molecule has 10 heteroatoms. The molecule has 0 aliphatic rings. The number of hydrogen-bond donors (Lipinski definition) is 0. The maximum Gasteiger partial charge on any atom is 0.236 e. The number of methoxy groups -OCH3 is 6. The summed E-state index contributed by atoms with van der Waals surface area (Å²) in [5.41, 5.74) is -2.07. The Balaban J connectivity index is 2.85. The van der Waals surface area contributed by atoms with E-state index >= 15 is 0 Å². The van der Waals surface area contributed by atoms with Gasteiger partial charge in [-0.1, -0.05) is 27.7 Å². The molecule has 0 aromatic heterocycles. The van der Waals surface area contributed by atoms with Crippen molar-refractivity contribution in [1.29, 1.82) is 0 Å². The average molecular weight is 551 g/mol. The van der Waals surface area contributed by atoms with E-state index in [9.17, 15) is 14.2 Å². The number of carbonyl (C=O) groups is 2. The summed E-state index contributed by atoms with van der Waals surface area (Å²) in [4.78, 5) is 28.5. The molecule has 210 valence electrons. The maximum atomic E-state index is 14.9. The zero-order chi connectivity index (χ0) is 28.8. The van der Waals surface area contributed by atoms with Gasteiger partial charge < -0.3 is 33.0 Å². The van der Waals surface area contributed by atoms with Crippen molar-refractivity contribution in [1.82, 2.24) is 0 Å². The van der Waals surface area contributed by atoms with Crippen LogP contribution in [0.2, 0.25) is 0 Å². The van der Waals surface area contributed by atoms with Gasteiger partial charge in [-0.05, 0) is 17.8 Å². The summed E-state index contributed by atoms with van der Waals surface area (Å²) >= 11 is 0. The van der Waals surface area contributed by atoms with Crippen LogP contribution in [0.5, 0.6) is 34.5 Å². The van der Waals surface area contributed by atoms with Crippen molar-refractivity contribution in [3.63, 3.8) is 0 Å². The van der Waals surface area contributed by atoms with Crippen LogP contribution < -0.4 is 28.4 Å². The minimum absolute atomic E-state index is 0.0800. The molecule has 9 nitrogen and oxygen atoms in total. The summed E-state index contributed by atoms with van der Waals surface area (Å²) in [5.74, 6) is 0.826. The van der Waals surface area contributed by atoms with Crippen molar-refractivity contribution in [3.05, 3.63) is 35.4 Å². The Labute approximate surface area is 225 Å². The highest BCUT2D eigenvalue weighted by molar-refractivity contribution is 7.95. The highest BCUT2D eigenvalue weighted by Crippen LogP contribution is 2.58. The topological polar surface area (TPSA) is 107 Å². The molecule has 0 aliphatic carbocycles. The third kappa shape index (κ3) is 6.62. The van der Waals surface area contributed by atoms with Crippen LogP contribution in [0.15, 0.2) is 24.3 Å². The number of rotatable bonds is 13. The summed E-state index contributed by atoms with van der Waals surface area (Å²) in [6.45, 7) is 8.01. The number of benzene rings is 2. The molecule has 0 saturated heterocycles. The van der Waals surface area contributed by atoms with Crippen LogP contribution in [0.25, 0.3) is 0 Å². The molecule has 2 aromatic carbocycles. The van der Waals surface area contributed by atoms with Gasteiger partial charge in [0.25, 0.3) is 0 Å². The maximum absolute atomic E-state index is 14.9. The lowest BCUT2D eigenvalue weighted by molar-refractivity contribution is 0.103. The first-order chi connectivity index (χ1) is 17.8. The fourth-order valence-corrected chi connectivity index (χ4v) is 7.29. The Morgan fingerprint density at radius 1 is 0.684 bits per heavy atom. The fourth-order valence-electron chi connectivity index (χ4n) is 4.60. The largest absolute Gasteiger partial charge is 0.496 e. The van der Waals surface area contributed by atoms with Crippen LogP contribution in [0.4, 0.5) is 0 Å². The van der Waals surface area contributed by atoms with Crippen molar-refractivity contribution >= 4 is 18.2 Å². The quantitative estimate of drug-likeness (QED) is 0.271. The Morgan fingerprint density at radius 2 is 1.00 bits per heavy atom. The number of hydrogen-bond acceptors (Lipinski definition) is 9. The van der Waals surface area contributed by atoms with Gasteiger partial charge in [0.15, 0.2) is 0 Å².